The molecule has 5 atom stereocenters. The van der Waals surface area contributed by atoms with Gasteiger partial charge in [-0.1, -0.05) is 26.0 Å². The zero-order valence-electron chi connectivity index (χ0n) is 13.8. The number of Topliss-reactive ketones (excluding diaryl/α,β-unsaturated/α-hetero) is 1. The maximum Gasteiger partial charge on any atom is 0.172 e. The summed E-state index contributed by atoms with van der Waals surface area (Å²) in [6.45, 7) is 6.00. The highest BCUT2D eigenvalue weighted by Crippen LogP contribution is 2.56. The third kappa shape index (κ3) is 2.12. The molecular formula is C19H28O3. The third-order valence-electron chi connectivity index (χ3n) is 6.73. The molecule has 3 fully saturated rings. The van der Waals surface area contributed by atoms with E-state index >= 15 is 0 Å². The van der Waals surface area contributed by atoms with Crippen molar-refractivity contribution in [2.45, 2.75) is 51.7 Å². The fourth-order valence-corrected chi connectivity index (χ4v) is 5.80. The van der Waals surface area contributed by atoms with E-state index in [9.17, 15) is 4.79 Å². The molecule has 0 aromatic heterocycles. The van der Waals surface area contributed by atoms with Gasteiger partial charge in [0.1, 0.15) is 5.78 Å². The molecule has 0 bridgehead atoms. The summed E-state index contributed by atoms with van der Waals surface area (Å²) in [6, 6.07) is 0. The highest BCUT2D eigenvalue weighted by Gasteiger charge is 2.58. The molecule has 0 N–H and O–H groups in total. The van der Waals surface area contributed by atoms with Crippen LogP contribution < -0.4 is 0 Å². The van der Waals surface area contributed by atoms with Crippen molar-refractivity contribution in [3.05, 3.63) is 12.2 Å². The summed E-state index contributed by atoms with van der Waals surface area (Å²) in [7, 11) is 0. The fraction of sp³-hybridized carbons (Fsp3) is 0.842. The largest absolute Gasteiger partial charge is 0.347 e. The van der Waals surface area contributed by atoms with Gasteiger partial charge in [0, 0.05) is 24.7 Å². The first kappa shape index (κ1) is 14.9. The topological polar surface area (TPSA) is 35.5 Å². The number of ether oxygens (including phenoxy) is 2. The fourth-order valence-electron chi connectivity index (χ4n) is 5.80. The molecule has 22 heavy (non-hydrogen) atoms. The minimum Gasteiger partial charge on any atom is -0.347 e. The lowest BCUT2D eigenvalue weighted by molar-refractivity contribution is -0.219. The van der Waals surface area contributed by atoms with Crippen molar-refractivity contribution in [2.75, 3.05) is 13.2 Å². The van der Waals surface area contributed by atoms with Crippen LogP contribution in [0.4, 0.5) is 0 Å². The van der Waals surface area contributed by atoms with Crippen molar-refractivity contribution in [1.29, 1.82) is 0 Å². The van der Waals surface area contributed by atoms with Crippen LogP contribution in [-0.2, 0) is 14.3 Å². The predicted molar refractivity (Wildman–Crippen MR) is 84.2 cm³/mol. The number of ketones is 1. The molecule has 1 saturated heterocycles. The van der Waals surface area contributed by atoms with Crippen molar-refractivity contribution in [3.8, 4) is 0 Å². The van der Waals surface area contributed by atoms with Crippen LogP contribution in [0.2, 0.25) is 0 Å². The Morgan fingerprint density at radius 2 is 2.00 bits per heavy atom. The summed E-state index contributed by atoms with van der Waals surface area (Å²) in [5.41, 5.74) is 0. The van der Waals surface area contributed by atoms with Gasteiger partial charge in [-0.05, 0) is 42.9 Å². The zero-order valence-corrected chi connectivity index (χ0v) is 13.8. The van der Waals surface area contributed by atoms with Crippen LogP contribution in [0, 0.1) is 35.5 Å². The van der Waals surface area contributed by atoms with Crippen LogP contribution in [0.1, 0.15) is 46.0 Å². The first-order chi connectivity index (χ1) is 10.6. The Balaban J connectivity index is 1.72. The van der Waals surface area contributed by atoms with E-state index in [-0.39, 0.29) is 11.8 Å². The number of rotatable bonds is 1. The van der Waals surface area contributed by atoms with Gasteiger partial charge in [-0.25, -0.2) is 0 Å². The maximum atomic E-state index is 12.8. The smallest absolute Gasteiger partial charge is 0.172 e. The number of hydrogen-bond acceptors (Lipinski definition) is 3. The normalized spacial score (nSPS) is 43.4. The second kappa shape index (κ2) is 5.45. The number of fused-ring (bicyclic) bond motifs is 4. The molecule has 1 spiro atoms. The molecule has 0 radical (unpaired) electrons. The van der Waals surface area contributed by atoms with Crippen molar-refractivity contribution >= 4 is 5.78 Å². The minimum atomic E-state index is -0.487. The van der Waals surface area contributed by atoms with Crippen LogP contribution in [0.5, 0.6) is 0 Å². The average Bonchev–Trinajstić information content (AvgIpc) is 3.08. The highest BCUT2D eigenvalue weighted by molar-refractivity contribution is 5.83. The number of allylic oxidation sites excluding steroid dienone is 2. The number of hydrogen-bond donors (Lipinski definition) is 0. The van der Waals surface area contributed by atoms with E-state index in [1.165, 1.54) is 6.42 Å². The van der Waals surface area contributed by atoms with Gasteiger partial charge in [-0.2, -0.15) is 0 Å². The van der Waals surface area contributed by atoms with Gasteiger partial charge in [0.2, 0.25) is 0 Å². The van der Waals surface area contributed by atoms with Gasteiger partial charge < -0.3 is 9.47 Å². The summed E-state index contributed by atoms with van der Waals surface area (Å²) in [5, 5.41) is 0. The standard InChI is InChI=1S/C19H28O3/c1-12(2)13-6-7-15-17(20)11-16-14(18(13)15)5-3-4-8-19(16)21-9-10-22-19/h3,5,12-16,18H,4,6-11H2,1-2H3/t13-,14+,15-,16+,18+/m1/s1. The van der Waals surface area contributed by atoms with Crippen LogP contribution >= 0.6 is 0 Å². The zero-order chi connectivity index (χ0) is 15.3. The van der Waals surface area contributed by atoms with E-state index in [1.807, 2.05) is 0 Å². The summed E-state index contributed by atoms with van der Waals surface area (Å²) in [5.74, 6) is 2.78. The van der Waals surface area contributed by atoms with Crippen LogP contribution in [0.3, 0.4) is 0 Å². The summed E-state index contributed by atoms with van der Waals surface area (Å²) >= 11 is 0. The van der Waals surface area contributed by atoms with Gasteiger partial charge in [-0.3, -0.25) is 4.79 Å². The van der Waals surface area contributed by atoms with Gasteiger partial charge in [-0.15, -0.1) is 0 Å². The van der Waals surface area contributed by atoms with Gasteiger partial charge in [0.15, 0.2) is 5.79 Å². The molecule has 122 valence electrons. The Hall–Kier alpha value is -0.670. The number of carbonyl (C=O) groups is 1. The molecule has 2 saturated carbocycles. The molecule has 1 aliphatic heterocycles. The molecule has 0 unspecified atom stereocenters. The van der Waals surface area contributed by atoms with E-state index in [2.05, 4.69) is 26.0 Å². The Morgan fingerprint density at radius 3 is 2.73 bits per heavy atom. The molecule has 0 aromatic rings. The lowest BCUT2D eigenvalue weighted by Crippen LogP contribution is -2.51. The van der Waals surface area contributed by atoms with E-state index in [1.54, 1.807) is 0 Å². The SMILES string of the molecule is CC(C)[C@H]1CC[C@@H]2C(=O)C[C@H]3[C@H](C=CCCC34OCCO4)[C@@H]21. The molecule has 0 aromatic carbocycles. The van der Waals surface area contributed by atoms with Gasteiger partial charge in [0.25, 0.3) is 0 Å². The molecule has 3 nitrogen and oxygen atoms in total. The third-order valence-corrected chi connectivity index (χ3v) is 6.73. The number of carbonyl (C=O) groups excluding carboxylic acids is 1. The molecule has 4 aliphatic rings. The van der Waals surface area contributed by atoms with Crippen molar-refractivity contribution in [3.63, 3.8) is 0 Å². The minimum absolute atomic E-state index is 0.224. The lowest BCUT2D eigenvalue weighted by Gasteiger charge is -2.46. The van der Waals surface area contributed by atoms with Crippen LogP contribution in [-0.4, -0.2) is 24.8 Å². The van der Waals surface area contributed by atoms with E-state index < -0.39 is 5.79 Å². The summed E-state index contributed by atoms with van der Waals surface area (Å²) in [4.78, 5) is 12.8. The molecule has 3 aliphatic carbocycles. The quantitative estimate of drug-likeness (QED) is 0.695. The summed E-state index contributed by atoms with van der Waals surface area (Å²) < 4.78 is 12.2. The van der Waals surface area contributed by atoms with Crippen molar-refractivity contribution in [1.82, 2.24) is 0 Å². The second-order valence-corrected chi connectivity index (χ2v) is 8.00. The first-order valence-corrected chi connectivity index (χ1v) is 9.10. The summed E-state index contributed by atoms with van der Waals surface area (Å²) in [6.07, 6.45) is 9.60. The highest BCUT2D eigenvalue weighted by atomic mass is 16.7. The van der Waals surface area contributed by atoms with E-state index in [0.29, 0.717) is 49.1 Å². The van der Waals surface area contributed by atoms with Crippen molar-refractivity contribution < 1.29 is 14.3 Å². The van der Waals surface area contributed by atoms with Crippen LogP contribution in [0.25, 0.3) is 0 Å². The van der Waals surface area contributed by atoms with E-state index in [0.717, 1.165) is 19.3 Å². The molecule has 0 amide bonds. The first-order valence-electron chi connectivity index (χ1n) is 9.10. The molecule has 3 heteroatoms. The Kier molecular flexibility index (Phi) is 3.69. The average molecular weight is 304 g/mol. The van der Waals surface area contributed by atoms with E-state index in [4.69, 9.17) is 9.47 Å². The molecular weight excluding hydrogens is 276 g/mol. The maximum absolute atomic E-state index is 12.8. The predicted octanol–water partition coefficient (Wildman–Crippen LogP) is 3.58. The molecule has 1 heterocycles. The van der Waals surface area contributed by atoms with Gasteiger partial charge >= 0.3 is 0 Å². The van der Waals surface area contributed by atoms with Crippen molar-refractivity contribution in [2.24, 2.45) is 35.5 Å². The van der Waals surface area contributed by atoms with Gasteiger partial charge in [0.05, 0.1) is 13.2 Å². The molecule has 4 rings (SSSR count). The Labute approximate surface area is 133 Å². The Morgan fingerprint density at radius 1 is 1.23 bits per heavy atom. The van der Waals surface area contributed by atoms with Crippen LogP contribution in [0.15, 0.2) is 12.2 Å². The lowest BCUT2D eigenvalue weighted by atomic mass is 9.61. The second-order valence-electron chi connectivity index (χ2n) is 8.00. The monoisotopic (exact) mass is 304 g/mol. The Bertz CT molecular complexity index is 475.